The van der Waals surface area contributed by atoms with Crippen LogP contribution >= 0.6 is 0 Å². The molecule has 1 aromatic carbocycles. The number of alkyl halides is 3. The van der Waals surface area contributed by atoms with Crippen LogP contribution in [0, 0.1) is 0 Å². The molecule has 2 rings (SSSR count). The van der Waals surface area contributed by atoms with Gasteiger partial charge in [-0.05, 0) is 37.5 Å². The Hall–Kier alpha value is -1.07. The minimum atomic E-state index is -4.32. The molecule has 5 heteroatoms. The van der Waals surface area contributed by atoms with Crippen LogP contribution < -0.4 is 5.32 Å². The number of benzene rings is 1. The van der Waals surface area contributed by atoms with E-state index in [0.29, 0.717) is 11.6 Å². The summed E-state index contributed by atoms with van der Waals surface area (Å²) in [5, 5.41) is 12.7. The molecule has 0 aromatic heterocycles. The molecule has 0 amide bonds. The van der Waals surface area contributed by atoms with Crippen LogP contribution in [-0.2, 0) is 11.7 Å². The Kier molecular flexibility index (Phi) is 3.38. The molecule has 18 heavy (non-hydrogen) atoms. The van der Waals surface area contributed by atoms with Crippen LogP contribution in [0.1, 0.15) is 30.9 Å². The molecular formula is C13H16F3NO. The van der Waals surface area contributed by atoms with Crippen molar-refractivity contribution in [2.75, 3.05) is 6.61 Å². The van der Waals surface area contributed by atoms with Gasteiger partial charge in [-0.25, -0.2) is 0 Å². The van der Waals surface area contributed by atoms with Gasteiger partial charge in [0.1, 0.15) is 0 Å². The van der Waals surface area contributed by atoms with E-state index in [-0.39, 0.29) is 6.61 Å². The first kappa shape index (κ1) is 13.4. The highest BCUT2D eigenvalue weighted by atomic mass is 19.4. The molecule has 1 aliphatic rings. The van der Waals surface area contributed by atoms with Crippen molar-refractivity contribution in [3.63, 3.8) is 0 Å². The van der Waals surface area contributed by atoms with Crippen molar-refractivity contribution in [2.24, 2.45) is 0 Å². The Morgan fingerprint density at radius 1 is 1.17 bits per heavy atom. The van der Waals surface area contributed by atoms with Gasteiger partial charge >= 0.3 is 6.18 Å². The zero-order chi connectivity index (χ0) is 13.4. The van der Waals surface area contributed by atoms with Gasteiger partial charge in [0.15, 0.2) is 0 Å². The van der Waals surface area contributed by atoms with Crippen molar-refractivity contribution in [3.8, 4) is 0 Å². The number of hydrogen-bond donors (Lipinski definition) is 2. The van der Waals surface area contributed by atoms with Gasteiger partial charge in [-0.3, -0.25) is 0 Å². The molecule has 0 spiro atoms. The van der Waals surface area contributed by atoms with Crippen molar-refractivity contribution >= 4 is 0 Å². The average Bonchev–Trinajstić information content (AvgIpc) is 3.12. The van der Waals surface area contributed by atoms with Gasteiger partial charge in [0, 0.05) is 6.04 Å². The second-order valence-electron chi connectivity index (χ2n) is 4.98. The van der Waals surface area contributed by atoms with Gasteiger partial charge in [0.05, 0.1) is 17.7 Å². The van der Waals surface area contributed by atoms with Crippen molar-refractivity contribution in [3.05, 3.63) is 35.4 Å². The maximum absolute atomic E-state index is 12.5. The molecule has 100 valence electrons. The van der Waals surface area contributed by atoms with Crippen LogP contribution in [0.3, 0.4) is 0 Å². The van der Waals surface area contributed by atoms with E-state index < -0.39 is 17.3 Å². The minimum absolute atomic E-state index is 0.144. The third kappa shape index (κ3) is 2.84. The van der Waals surface area contributed by atoms with Crippen LogP contribution in [0.15, 0.2) is 24.3 Å². The van der Waals surface area contributed by atoms with E-state index >= 15 is 0 Å². The van der Waals surface area contributed by atoms with Crippen LogP contribution in [0.5, 0.6) is 0 Å². The van der Waals surface area contributed by atoms with Gasteiger partial charge in [0.25, 0.3) is 0 Å². The van der Waals surface area contributed by atoms with E-state index in [9.17, 15) is 18.3 Å². The van der Waals surface area contributed by atoms with Crippen LogP contribution in [0.2, 0.25) is 0 Å². The van der Waals surface area contributed by atoms with Crippen molar-refractivity contribution in [1.29, 1.82) is 0 Å². The number of aliphatic hydroxyl groups is 1. The second kappa shape index (κ2) is 4.55. The third-order valence-corrected chi connectivity index (χ3v) is 3.27. The first-order valence-electron chi connectivity index (χ1n) is 5.91. The summed E-state index contributed by atoms with van der Waals surface area (Å²) >= 11 is 0. The molecule has 0 aliphatic heterocycles. The molecular weight excluding hydrogens is 243 g/mol. The van der Waals surface area contributed by atoms with E-state index in [1.807, 2.05) is 0 Å². The second-order valence-corrected chi connectivity index (χ2v) is 4.98. The zero-order valence-corrected chi connectivity index (χ0v) is 10.1. The van der Waals surface area contributed by atoms with Crippen LogP contribution in [0.4, 0.5) is 13.2 Å². The van der Waals surface area contributed by atoms with Gasteiger partial charge in [0.2, 0.25) is 0 Å². The lowest BCUT2D eigenvalue weighted by Crippen LogP contribution is -2.44. The molecule has 0 bridgehead atoms. The van der Waals surface area contributed by atoms with Crippen molar-refractivity contribution in [2.45, 2.75) is 37.5 Å². The van der Waals surface area contributed by atoms with E-state index in [4.69, 9.17) is 0 Å². The Morgan fingerprint density at radius 2 is 1.67 bits per heavy atom. The van der Waals surface area contributed by atoms with E-state index in [1.54, 1.807) is 6.92 Å². The van der Waals surface area contributed by atoms with Gasteiger partial charge < -0.3 is 10.4 Å². The maximum Gasteiger partial charge on any atom is 0.416 e. The molecule has 2 N–H and O–H groups in total. The first-order chi connectivity index (χ1) is 8.35. The Bertz CT molecular complexity index is 411. The standard InChI is InChI=1S/C13H16F3NO/c1-12(8-18,17-11-6-7-11)9-2-4-10(5-3-9)13(14,15)16/h2-5,11,17-18H,6-8H2,1H3. The first-order valence-corrected chi connectivity index (χ1v) is 5.91. The quantitative estimate of drug-likeness (QED) is 0.871. The Balaban J connectivity index is 2.21. The summed E-state index contributed by atoms with van der Waals surface area (Å²) in [5.74, 6) is 0. The largest absolute Gasteiger partial charge is 0.416 e. The van der Waals surface area contributed by atoms with Gasteiger partial charge in [-0.2, -0.15) is 13.2 Å². The fraction of sp³-hybridized carbons (Fsp3) is 0.538. The van der Waals surface area contributed by atoms with Crippen molar-refractivity contribution < 1.29 is 18.3 Å². The predicted octanol–water partition coefficient (Wildman–Crippen LogP) is 2.66. The minimum Gasteiger partial charge on any atom is -0.394 e. The lowest BCUT2D eigenvalue weighted by atomic mass is 9.92. The molecule has 1 aromatic rings. The van der Waals surface area contributed by atoms with E-state index in [2.05, 4.69) is 5.32 Å². The molecule has 1 fully saturated rings. The SMILES string of the molecule is CC(CO)(NC1CC1)c1ccc(C(F)(F)F)cc1. The predicted molar refractivity (Wildman–Crippen MR) is 62.0 cm³/mol. The molecule has 1 unspecified atom stereocenters. The molecule has 0 saturated heterocycles. The lowest BCUT2D eigenvalue weighted by molar-refractivity contribution is -0.137. The molecule has 0 heterocycles. The third-order valence-electron chi connectivity index (χ3n) is 3.27. The fourth-order valence-corrected chi connectivity index (χ4v) is 1.93. The highest BCUT2D eigenvalue weighted by Crippen LogP contribution is 2.32. The topological polar surface area (TPSA) is 32.3 Å². The van der Waals surface area contributed by atoms with Gasteiger partial charge in [-0.15, -0.1) is 0 Å². The van der Waals surface area contributed by atoms with E-state index in [0.717, 1.165) is 25.0 Å². The smallest absolute Gasteiger partial charge is 0.394 e. The molecule has 1 saturated carbocycles. The molecule has 0 radical (unpaired) electrons. The normalized spacial score (nSPS) is 19.6. The van der Waals surface area contributed by atoms with Crippen LogP contribution in [-0.4, -0.2) is 17.8 Å². The number of nitrogens with one attached hydrogen (secondary N) is 1. The number of halogens is 3. The fourth-order valence-electron chi connectivity index (χ4n) is 1.93. The van der Waals surface area contributed by atoms with E-state index in [1.165, 1.54) is 12.1 Å². The molecule has 2 nitrogen and oxygen atoms in total. The summed E-state index contributed by atoms with van der Waals surface area (Å²) in [7, 11) is 0. The summed E-state index contributed by atoms with van der Waals surface area (Å²) in [6.45, 7) is 1.66. The maximum atomic E-state index is 12.5. The summed E-state index contributed by atoms with van der Waals surface area (Å²) in [5.41, 5.74) is -0.673. The summed E-state index contributed by atoms with van der Waals surface area (Å²) in [6.07, 6.45) is -2.22. The Morgan fingerprint density at radius 3 is 2.06 bits per heavy atom. The zero-order valence-electron chi connectivity index (χ0n) is 10.1. The highest BCUT2D eigenvalue weighted by Gasteiger charge is 2.35. The summed E-state index contributed by atoms with van der Waals surface area (Å²) in [6, 6.07) is 5.32. The average molecular weight is 259 g/mol. The molecule has 1 atom stereocenters. The molecule has 1 aliphatic carbocycles. The van der Waals surface area contributed by atoms with Gasteiger partial charge in [-0.1, -0.05) is 12.1 Å². The highest BCUT2D eigenvalue weighted by molar-refractivity contribution is 5.30. The number of rotatable bonds is 4. The Labute approximate surface area is 104 Å². The summed E-state index contributed by atoms with van der Waals surface area (Å²) < 4.78 is 37.4. The van der Waals surface area contributed by atoms with Crippen LogP contribution in [0.25, 0.3) is 0 Å². The monoisotopic (exact) mass is 259 g/mol. The number of aliphatic hydroxyl groups excluding tert-OH is 1. The number of hydrogen-bond acceptors (Lipinski definition) is 2. The lowest BCUT2D eigenvalue weighted by Gasteiger charge is -2.30. The van der Waals surface area contributed by atoms with Crippen molar-refractivity contribution in [1.82, 2.24) is 5.32 Å². The summed E-state index contributed by atoms with van der Waals surface area (Å²) in [4.78, 5) is 0.